The Morgan fingerprint density at radius 3 is 2.67 bits per heavy atom. The van der Waals surface area contributed by atoms with E-state index >= 15 is 0 Å². The van der Waals surface area contributed by atoms with Crippen LogP contribution < -0.4 is 5.32 Å². The summed E-state index contributed by atoms with van der Waals surface area (Å²) < 4.78 is 5.18. The van der Waals surface area contributed by atoms with E-state index in [1.807, 2.05) is 6.07 Å². The van der Waals surface area contributed by atoms with E-state index in [0.29, 0.717) is 21.4 Å². The summed E-state index contributed by atoms with van der Waals surface area (Å²) in [6, 6.07) is 5.17. The number of hydrogen-bond donors (Lipinski definition) is 1. The summed E-state index contributed by atoms with van der Waals surface area (Å²) in [5, 5.41) is 6.73. The van der Waals surface area contributed by atoms with Crippen molar-refractivity contribution < 1.29 is 14.1 Å². The Morgan fingerprint density at radius 1 is 1.33 bits per heavy atom. The zero-order valence-corrected chi connectivity index (χ0v) is 13.1. The van der Waals surface area contributed by atoms with Crippen LogP contribution in [0.25, 0.3) is 0 Å². The van der Waals surface area contributed by atoms with Crippen LogP contribution in [0.15, 0.2) is 22.7 Å². The molecule has 0 atom stereocenters. The largest absolute Gasteiger partial charge is 0.359 e. The molecule has 112 valence electrons. The summed E-state index contributed by atoms with van der Waals surface area (Å²) in [5.41, 5.74) is 0.893. The second-order valence-electron chi connectivity index (χ2n) is 5.29. The van der Waals surface area contributed by atoms with Crippen LogP contribution >= 0.6 is 11.3 Å². The van der Waals surface area contributed by atoms with Crippen LogP contribution in [-0.4, -0.2) is 16.8 Å². The minimum atomic E-state index is -0.214. The van der Waals surface area contributed by atoms with Crippen molar-refractivity contribution in [1.82, 2.24) is 10.5 Å². The molecule has 0 aliphatic rings. The van der Waals surface area contributed by atoms with Crippen molar-refractivity contribution in [2.75, 3.05) is 0 Å². The van der Waals surface area contributed by atoms with Gasteiger partial charge in [0.25, 0.3) is 5.91 Å². The van der Waals surface area contributed by atoms with Gasteiger partial charge in [0, 0.05) is 6.07 Å². The lowest BCUT2D eigenvalue weighted by atomic mass is 10.1. The average Bonchev–Trinajstić information content (AvgIpc) is 3.04. The fourth-order valence-corrected chi connectivity index (χ4v) is 2.67. The van der Waals surface area contributed by atoms with Crippen LogP contribution in [0, 0.1) is 5.92 Å². The fraction of sp³-hybridized carbons (Fsp3) is 0.400. The van der Waals surface area contributed by atoms with E-state index in [1.165, 1.54) is 18.3 Å². The summed E-state index contributed by atoms with van der Waals surface area (Å²) in [4.78, 5) is 24.3. The minimum Gasteiger partial charge on any atom is -0.359 e. The highest BCUT2D eigenvalue weighted by atomic mass is 32.1. The fourth-order valence-electron chi connectivity index (χ4n) is 1.86. The number of amides is 1. The lowest BCUT2D eigenvalue weighted by molar-refractivity contribution is 0.0950. The van der Waals surface area contributed by atoms with E-state index in [2.05, 4.69) is 24.3 Å². The smallest absolute Gasteiger partial charge is 0.261 e. The topological polar surface area (TPSA) is 72.2 Å². The maximum absolute atomic E-state index is 12.0. The van der Waals surface area contributed by atoms with Crippen molar-refractivity contribution in [3.63, 3.8) is 0 Å². The number of hydrogen-bond acceptors (Lipinski definition) is 5. The predicted octanol–water partition coefficient (Wildman–Crippen LogP) is 3.07. The molecule has 0 radical (unpaired) electrons. The van der Waals surface area contributed by atoms with Crippen LogP contribution in [0.5, 0.6) is 0 Å². The molecule has 1 amide bonds. The predicted molar refractivity (Wildman–Crippen MR) is 80.5 cm³/mol. The van der Waals surface area contributed by atoms with Gasteiger partial charge < -0.3 is 9.84 Å². The molecule has 0 bridgehead atoms. The van der Waals surface area contributed by atoms with Gasteiger partial charge in [-0.2, -0.15) is 0 Å². The number of aromatic nitrogens is 1. The Bertz CT molecular complexity index is 643. The number of Topliss-reactive ketones (excluding diaryl/α,β-unsaturated/α-hetero) is 1. The van der Waals surface area contributed by atoms with Crippen LogP contribution in [-0.2, 0) is 13.0 Å². The van der Waals surface area contributed by atoms with Crippen molar-refractivity contribution in [2.45, 2.75) is 33.7 Å². The molecular formula is C15H18N2O3S. The van der Waals surface area contributed by atoms with Gasteiger partial charge in [-0.15, -0.1) is 11.3 Å². The van der Waals surface area contributed by atoms with Crippen LogP contribution in [0.4, 0.5) is 0 Å². The number of ketones is 1. The van der Waals surface area contributed by atoms with Crippen molar-refractivity contribution in [2.24, 2.45) is 5.92 Å². The lowest BCUT2D eigenvalue weighted by Gasteiger charge is -1.99. The summed E-state index contributed by atoms with van der Waals surface area (Å²) in [5.74, 6) is 0.887. The summed E-state index contributed by atoms with van der Waals surface area (Å²) in [6.07, 6.45) is 0.852. The molecule has 21 heavy (non-hydrogen) atoms. The molecule has 2 heterocycles. The standard InChI is InChI=1S/C15H18N2O3S/c1-9(2)6-11-7-12(20-17-11)8-16-15(19)14-5-4-13(21-14)10(3)18/h4-5,7,9H,6,8H2,1-3H3,(H,16,19). The number of rotatable bonds is 6. The van der Waals surface area contributed by atoms with Gasteiger partial charge in [-0.3, -0.25) is 9.59 Å². The minimum absolute atomic E-state index is 0.0346. The van der Waals surface area contributed by atoms with Gasteiger partial charge in [-0.1, -0.05) is 19.0 Å². The van der Waals surface area contributed by atoms with Gasteiger partial charge in [0.15, 0.2) is 11.5 Å². The molecule has 2 aromatic rings. The highest BCUT2D eigenvalue weighted by molar-refractivity contribution is 7.15. The Balaban J connectivity index is 1.91. The molecule has 0 fully saturated rings. The first kappa shape index (κ1) is 15.4. The molecule has 0 saturated carbocycles. The zero-order valence-electron chi connectivity index (χ0n) is 12.3. The second-order valence-corrected chi connectivity index (χ2v) is 6.37. The third-order valence-corrected chi connectivity index (χ3v) is 4.01. The average molecular weight is 306 g/mol. The van der Waals surface area contributed by atoms with E-state index in [9.17, 15) is 9.59 Å². The van der Waals surface area contributed by atoms with E-state index in [-0.39, 0.29) is 18.2 Å². The molecule has 2 aromatic heterocycles. The molecule has 0 aromatic carbocycles. The van der Waals surface area contributed by atoms with Crippen molar-refractivity contribution >= 4 is 23.0 Å². The highest BCUT2D eigenvalue weighted by Gasteiger charge is 2.12. The molecule has 0 aliphatic heterocycles. The van der Waals surface area contributed by atoms with Gasteiger partial charge in [0.05, 0.1) is 22.0 Å². The quantitative estimate of drug-likeness (QED) is 0.832. The van der Waals surface area contributed by atoms with Gasteiger partial charge >= 0.3 is 0 Å². The monoisotopic (exact) mass is 306 g/mol. The summed E-state index contributed by atoms with van der Waals surface area (Å²) >= 11 is 1.19. The molecule has 2 rings (SSSR count). The SMILES string of the molecule is CC(=O)c1ccc(C(=O)NCc2cc(CC(C)C)no2)s1. The van der Waals surface area contributed by atoms with Crippen LogP contribution in [0.1, 0.15) is 51.6 Å². The number of carbonyl (C=O) groups excluding carboxylic acids is 2. The highest BCUT2D eigenvalue weighted by Crippen LogP contribution is 2.17. The third kappa shape index (κ3) is 4.26. The van der Waals surface area contributed by atoms with Gasteiger partial charge in [0.1, 0.15) is 0 Å². The van der Waals surface area contributed by atoms with E-state index < -0.39 is 0 Å². The van der Waals surface area contributed by atoms with Gasteiger partial charge in [0.2, 0.25) is 0 Å². The van der Waals surface area contributed by atoms with Gasteiger partial charge in [-0.25, -0.2) is 0 Å². The number of carbonyl (C=O) groups is 2. The molecule has 1 N–H and O–H groups in total. The third-order valence-electron chi connectivity index (χ3n) is 2.83. The van der Waals surface area contributed by atoms with E-state index in [4.69, 9.17) is 4.52 Å². The zero-order chi connectivity index (χ0) is 15.4. The normalized spacial score (nSPS) is 10.9. The molecule has 5 nitrogen and oxygen atoms in total. The maximum atomic E-state index is 12.0. The second kappa shape index (κ2) is 6.67. The molecule has 0 aliphatic carbocycles. The first-order chi connectivity index (χ1) is 9.95. The summed E-state index contributed by atoms with van der Waals surface area (Å²) in [7, 11) is 0. The number of nitrogens with zero attached hydrogens (tertiary/aromatic N) is 1. The Kier molecular flexibility index (Phi) is 4.90. The Hall–Kier alpha value is -1.95. The molecule has 6 heteroatoms. The number of nitrogens with one attached hydrogen (secondary N) is 1. The Morgan fingerprint density at radius 2 is 2.05 bits per heavy atom. The molecule has 0 saturated heterocycles. The molecule has 0 unspecified atom stereocenters. The number of thiophene rings is 1. The van der Waals surface area contributed by atoms with Crippen molar-refractivity contribution in [3.8, 4) is 0 Å². The van der Waals surface area contributed by atoms with E-state index in [1.54, 1.807) is 12.1 Å². The van der Waals surface area contributed by atoms with Crippen LogP contribution in [0.2, 0.25) is 0 Å². The van der Waals surface area contributed by atoms with E-state index in [0.717, 1.165) is 12.1 Å². The van der Waals surface area contributed by atoms with Crippen molar-refractivity contribution in [1.29, 1.82) is 0 Å². The Labute approximate surface area is 127 Å². The van der Waals surface area contributed by atoms with Crippen LogP contribution in [0.3, 0.4) is 0 Å². The molecule has 0 spiro atoms. The first-order valence-corrected chi connectivity index (χ1v) is 7.60. The summed E-state index contributed by atoms with van der Waals surface area (Å²) in [6.45, 7) is 5.99. The maximum Gasteiger partial charge on any atom is 0.261 e. The van der Waals surface area contributed by atoms with Gasteiger partial charge in [-0.05, 0) is 31.4 Å². The first-order valence-electron chi connectivity index (χ1n) is 6.79. The molecular weight excluding hydrogens is 288 g/mol. The van der Waals surface area contributed by atoms with Crippen molar-refractivity contribution in [3.05, 3.63) is 39.4 Å². The lowest BCUT2D eigenvalue weighted by Crippen LogP contribution is -2.21.